The molecule has 1 atom stereocenters. The van der Waals surface area contributed by atoms with Gasteiger partial charge in [0.1, 0.15) is 0 Å². The molecular weight excluding hydrogens is 232 g/mol. The normalized spacial score (nSPS) is 12.2. The van der Waals surface area contributed by atoms with Gasteiger partial charge in [0.25, 0.3) is 0 Å². The van der Waals surface area contributed by atoms with Crippen molar-refractivity contribution in [3.05, 3.63) is 65.7 Å². The first-order valence-electron chi connectivity index (χ1n) is 6.72. The monoisotopic (exact) mass is 254 g/mol. The van der Waals surface area contributed by atoms with Gasteiger partial charge in [-0.05, 0) is 36.2 Å². The minimum absolute atomic E-state index is 0.395. The standard InChI is InChI=1S/C17H22N2/c1-19(2)17-10-8-14(9-11-17)12-16(13-18)15-6-4-3-5-7-15/h3-11,16H,12-13,18H2,1-2H3. The highest BCUT2D eigenvalue weighted by Crippen LogP contribution is 2.21. The Morgan fingerprint density at radius 2 is 1.58 bits per heavy atom. The third-order valence-electron chi connectivity index (χ3n) is 3.49. The van der Waals surface area contributed by atoms with Gasteiger partial charge in [0.15, 0.2) is 0 Å². The fraction of sp³-hybridized carbons (Fsp3) is 0.294. The number of benzene rings is 2. The van der Waals surface area contributed by atoms with Gasteiger partial charge < -0.3 is 10.6 Å². The topological polar surface area (TPSA) is 29.3 Å². The van der Waals surface area contributed by atoms with Crippen LogP contribution in [0.4, 0.5) is 5.69 Å². The molecule has 2 aromatic rings. The van der Waals surface area contributed by atoms with Crippen LogP contribution in [0.15, 0.2) is 54.6 Å². The van der Waals surface area contributed by atoms with E-state index in [1.807, 2.05) is 6.07 Å². The molecule has 0 saturated heterocycles. The number of hydrogen-bond acceptors (Lipinski definition) is 2. The maximum absolute atomic E-state index is 5.92. The highest BCUT2D eigenvalue weighted by atomic mass is 15.1. The molecule has 0 fully saturated rings. The van der Waals surface area contributed by atoms with Crippen molar-refractivity contribution in [3.8, 4) is 0 Å². The summed E-state index contributed by atoms with van der Waals surface area (Å²) in [6, 6.07) is 19.2. The zero-order chi connectivity index (χ0) is 13.7. The second kappa shape index (κ2) is 6.39. The maximum Gasteiger partial charge on any atom is 0.0361 e. The zero-order valence-electron chi connectivity index (χ0n) is 11.7. The molecule has 19 heavy (non-hydrogen) atoms. The van der Waals surface area contributed by atoms with Gasteiger partial charge in [-0.25, -0.2) is 0 Å². The Kier molecular flexibility index (Phi) is 4.58. The molecule has 0 saturated carbocycles. The van der Waals surface area contributed by atoms with Gasteiger partial charge in [-0.3, -0.25) is 0 Å². The first-order valence-corrected chi connectivity index (χ1v) is 6.72. The fourth-order valence-electron chi connectivity index (χ4n) is 2.28. The summed E-state index contributed by atoms with van der Waals surface area (Å²) in [6.45, 7) is 0.680. The van der Waals surface area contributed by atoms with E-state index < -0.39 is 0 Å². The Bertz CT molecular complexity index is 488. The van der Waals surface area contributed by atoms with Crippen molar-refractivity contribution in [2.24, 2.45) is 5.73 Å². The zero-order valence-corrected chi connectivity index (χ0v) is 11.7. The third-order valence-corrected chi connectivity index (χ3v) is 3.49. The molecule has 0 aliphatic rings. The van der Waals surface area contributed by atoms with Crippen LogP contribution in [0.3, 0.4) is 0 Å². The van der Waals surface area contributed by atoms with E-state index in [-0.39, 0.29) is 0 Å². The minimum Gasteiger partial charge on any atom is -0.378 e. The maximum atomic E-state index is 5.92. The van der Waals surface area contributed by atoms with Gasteiger partial charge in [0, 0.05) is 25.7 Å². The third kappa shape index (κ3) is 3.58. The molecular formula is C17H22N2. The van der Waals surface area contributed by atoms with E-state index >= 15 is 0 Å². The summed E-state index contributed by atoms with van der Waals surface area (Å²) in [5, 5.41) is 0. The lowest BCUT2D eigenvalue weighted by atomic mass is 9.92. The van der Waals surface area contributed by atoms with E-state index in [1.54, 1.807) is 0 Å². The molecule has 2 heteroatoms. The highest BCUT2D eigenvalue weighted by molar-refractivity contribution is 5.46. The smallest absolute Gasteiger partial charge is 0.0361 e. The SMILES string of the molecule is CN(C)c1ccc(CC(CN)c2ccccc2)cc1. The average Bonchev–Trinajstić information content (AvgIpc) is 2.46. The van der Waals surface area contributed by atoms with Crippen molar-refractivity contribution >= 4 is 5.69 Å². The van der Waals surface area contributed by atoms with Crippen LogP contribution in [-0.4, -0.2) is 20.6 Å². The summed E-state index contributed by atoms with van der Waals surface area (Å²) < 4.78 is 0. The summed E-state index contributed by atoms with van der Waals surface area (Å²) >= 11 is 0. The lowest BCUT2D eigenvalue weighted by molar-refractivity contribution is 0.694. The Morgan fingerprint density at radius 3 is 2.11 bits per heavy atom. The van der Waals surface area contributed by atoms with Gasteiger partial charge in [-0.1, -0.05) is 42.5 Å². The second-order valence-electron chi connectivity index (χ2n) is 5.11. The number of hydrogen-bond donors (Lipinski definition) is 1. The van der Waals surface area contributed by atoms with Gasteiger partial charge in [0.05, 0.1) is 0 Å². The van der Waals surface area contributed by atoms with Crippen LogP contribution in [0.5, 0.6) is 0 Å². The van der Waals surface area contributed by atoms with E-state index in [0.717, 1.165) is 6.42 Å². The lowest BCUT2D eigenvalue weighted by Gasteiger charge is -2.17. The van der Waals surface area contributed by atoms with E-state index in [0.29, 0.717) is 12.5 Å². The summed E-state index contributed by atoms with van der Waals surface area (Å²) in [5.74, 6) is 0.395. The molecule has 0 radical (unpaired) electrons. The van der Waals surface area contributed by atoms with E-state index in [4.69, 9.17) is 5.73 Å². The summed E-state index contributed by atoms with van der Waals surface area (Å²) in [6.07, 6.45) is 0.994. The molecule has 0 spiro atoms. The van der Waals surface area contributed by atoms with E-state index in [2.05, 4.69) is 67.5 Å². The van der Waals surface area contributed by atoms with E-state index in [9.17, 15) is 0 Å². The van der Waals surface area contributed by atoms with Crippen LogP contribution in [0, 0.1) is 0 Å². The van der Waals surface area contributed by atoms with Crippen molar-refractivity contribution in [3.63, 3.8) is 0 Å². The Morgan fingerprint density at radius 1 is 0.947 bits per heavy atom. The average molecular weight is 254 g/mol. The lowest BCUT2D eigenvalue weighted by Crippen LogP contribution is -2.15. The molecule has 0 aliphatic carbocycles. The Balaban J connectivity index is 2.10. The Labute approximate surface area is 115 Å². The predicted molar refractivity (Wildman–Crippen MR) is 82.7 cm³/mol. The number of anilines is 1. The summed E-state index contributed by atoms with van der Waals surface area (Å²) in [7, 11) is 4.11. The van der Waals surface area contributed by atoms with Crippen molar-refractivity contribution in [1.82, 2.24) is 0 Å². The van der Waals surface area contributed by atoms with Crippen LogP contribution >= 0.6 is 0 Å². The molecule has 1 unspecified atom stereocenters. The van der Waals surface area contributed by atoms with Crippen LogP contribution < -0.4 is 10.6 Å². The van der Waals surface area contributed by atoms with Gasteiger partial charge in [-0.2, -0.15) is 0 Å². The van der Waals surface area contributed by atoms with Crippen LogP contribution in [-0.2, 0) is 6.42 Å². The van der Waals surface area contributed by atoms with Gasteiger partial charge in [-0.15, -0.1) is 0 Å². The quantitative estimate of drug-likeness (QED) is 0.888. The van der Waals surface area contributed by atoms with Crippen molar-refractivity contribution in [1.29, 1.82) is 0 Å². The van der Waals surface area contributed by atoms with Crippen LogP contribution in [0.1, 0.15) is 17.0 Å². The molecule has 0 amide bonds. The number of nitrogens with two attached hydrogens (primary N) is 1. The van der Waals surface area contributed by atoms with Crippen LogP contribution in [0.25, 0.3) is 0 Å². The van der Waals surface area contributed by atoms with E-state index in [1.165, 1.54) is 16.8 Å². The van der Waals surface area contributed by atoms with Gasteiger partial charge in [0.2, 0.25) is 0 Å². The largest absolute Gasteiger partial charge is 0.378 e. The molecule has 0 aromatic heterocycles. The highest BCUT2D eigenvalue weighted by Gasteiger charge is 2.10. The molecule has 0 heterocycles. The Hall–Kier alpha value is -1.80. The van der Waals surface area contributed by atoms with Crippen molar-refractivity contribution in [2.75, 3.05) is 25.5 Å². The first kappa shape index (κ1) is 13.6. The second-order valence-corrected chi connectivity index (χ2v) is 5.11. The first-order chi connectivity index (χ1) is 9.20. The number of nitrogens with zero attached hydrogens (tertiary/aromatic N) is 1. The van der Waals surface area contributed by atoms with Crippen molar-refractivity contribution < 1.29 is 0 Å². The molecule has 0 bridgehead atoms. The summed E-state index contributed by atoms with van der Waals surface area (Å²) in [5.41, 5.74) is 9.81. The van der Waals surface area contributed by atoms with Gasteiger partial charge >= 0.3 is 0 Å². The molecule has 0 aliphatic heterocycles. The molecule has 100 valence electrons. The number of rotatable bonds is 5. The minimum atomic E-state index is 0.395. The summed E-state index contributed by atoms with van der Waals surface area (Å²) in [4.78, 5) is 2.11. The molecule has 2 N–H and O–H groups in total. The van der Waals surface area contributed by atoms with Crippen LogP contribution in [0.2, 0.25) is 0 Å². The molecule has 2 nitrogen and oxygen atoms in total. The fourth-order valence-corrected chi connectivity index (χ4v) is 2.28. The molecule has 2 rings (SSSR count). The van der Waals surface area contributed by atoms with Crippen molar-refractivity contribution in [2.45, 2.75) is 12.3 Å². The predicted octanol–water partition coefficient (Wildman–Crippen LogP) is 3.04. The molecule has 2 aromatic carbocycles.